The Kier molecular flexibility index (Phi) is 5.49. The fourth-order valence-corrected chi connectivity index (χ4v) is 3.05. The molecular formula is C20H25N3O. The van der Waals surface area contributed by atoms with Crippen LogP contribution in [0.25, 0.3) is 0 Å². The molecule has 1 aliphatic heterocycles. The third kappa shape index (κ3) is 4.36. The molecule has 0 unspecified atom stereocenters. The molecule has 1 heterocycles. The second-order valence-corrected chi connectivity index (χ2v) is 6.39. The summed E-state index contributed by atoms with van der Waals surface area (Å²) in [5.41, 5.74) is 4.00. The standard InChI is InChI=1S/C20H25N3O/c1-23(12-11-16-7-3-2-4-8-16)20(24)22-15-19-13-17-9-5-6-10-18(17)14-21-19/h2-10,19,21H,11-15H2,1H3,(H,22,24)/t19-/m0/s1. The Bertz CT molecular complexity index is 672. The highest BCUT2D eigenvalue weighted by molar-refractivity contribution is 5.73. The highest BCUT2D eigenvalue weighted by Gasteiger charge is 2.18. The molecule has 2 aromatic rings. The quantitative estimate of drug-likeness (QED) is 0.888. The summed E-state index contributed by atoms with van der Waals surface area (Å²) in [6, 6.07) is 19.0. The van der Waals surface area contributed by atoms with Gasteiger partial charge in [-0.1, -0.05) is 54.6 Å². The van der Waals surface area contributed by atoms with Crippen LogP contribution in [0.2, 0.25) is 0 Å². The SMILES string of the molecule is CN(CCc1ccccc1)C(=O)NC[C@@H]1Cc2ccccc2CN1. The highest BCUT2D eigenvalue weighted by Crippen LogP contribution is 2.15. The molecule has 4 nitrogen and oxygen atoms in total. The summed E-state index contributed by atoms with van der Waals surface area (Å²) in [6.07, 6.45) is 1.84. The second kappa shape index (κ2) is 7.97. The zero-order valence-corrected chi connectivity index (χ0v) is 14.2. The lowest BCUT2D eigenvalue weighted by molar-refractivity contribution is 0.207. The van der Waals surface area contributed by atoms with E-state index in [-0.39, 0.29) is 6.03 Å². The van der Waals surface area contributed by atoms with Gasteiger partial charge in [0.1, 0.15) is 0 Å². The zero-order valence-electron chi connectivity index (χ0n) is 14.2. The van der Waals surface area contributed by atoms with E-state index >= 15 is 0 Å². The van der Waals surface area contributed by atoms with Crippen molar-refractivity contribution in [2.24, 2.45) is 0 Å². The van der Waals surface area contributed by atoms with Crippen LogP contribution in [0.4, 0.5) is 4.79 Å². The maximum atomic E-state index is 12.2. The van der Waals surface area contributed by atoms with Gasteiger partial charge in [0, 0.05) is 32.7 Å². The van der Waals surface area contributed by atoms with Gasteiger partial charge >= 0.3 is 6.03 Å². The van der Waals surface area contributed by atoms with E-state index in [1.165, 1.54) is 16.7 Å². The Hall–Kier alpha value is -2.33. The van der Waals surface area contributed by atoms with Crippen LogP contribution in [-0.2, 0) is 19.4 Å². The van der Waals surface area contributed by atoms with Gasteiger partial charge in [0.25, 0.3) is 0 Å². The van der Waals surface area contributed by atoms with Gasteiger partial charge in [-0.25, -0.2) is 4.79 Å². The molecule has 126 valence electrons. The Balaban J connectivity index is 1.42. The van der Waals surface area contributed by atoms with Crippen molar-refractivity contribution in [1.82, 2.24) is 15.5 Å². The molecular weight excluding hydrogens is 298 g/mol. The molecule has 4 heteroatoms. The van der Waals surface area contributed by atoms with Gasteiger partial charge < -0.3 is 15.5 Å². The van der Waals surface area contributed by atoms with Crippen LogP contribution in [0.5, 0.6) is 0 Å². The van der Waals surface area contributed by atoms with Crippen molar-refractivity contribution >= 4 is 6.03 Å². The smallest absolute Gasteiger partial charge is 0.317 e. The predicted molar refractivity (Wildman–Crippen MR) is 96.9 cm³/mol. The van der Waals surface area contributed by atoms with Crippen LogP contribution >= 0.6 is 0 Å². The van der Waals surface area contributed by atoms with Crippen molar-refractivity contribution in [3.63, 3.8) is 0 Å². The van der Waals surface area contributed by atoms with E-state index in [9.17, 15) is 4.79 Å². The van der Waals surface area contributed by atoms with Crippen molar-refractivity contribution in [3.8, 4) is 0 Å². The summed E-state index contributed by atoms with van der Waals surface area (Å²) in [7, 11) is 1.85. The number of likely N-dealkylation sites (N-methyl/N-ethyl adjacent to an activating group) is 1. The number of amides is 2. The molecule has 0 bridgehead atoms. The number of rotatable bonds is 5. The molecule has 3 rings (SSSR count). The van der Waals surface area contributed by atoms with Crippen LogP contribution < -0.4 is 10.6 Å². The van der Waals surface area contributed by atoms with Gasteiger partial charge in [-0.15, -0.1) is 0 Å². The first-order chi connectivity index (χ1) is 11.7. The molecule has 0 spiro atoms. The second-order valence-electron chi connectivity index (χ2n) is 6.39. The third-order valence-corrected chi connectivity index (χ3v) is 4.59. The number of carbonyl (C=O) groups excluding carboxylic acids is 1. The summed E-state index contributed by atoms with van der Waals surface area (Å²) in [5.74, 6) is 0. The topological polar surface area (TPSA) is 44.4 Å². The van der Waals surface area contributed by atoms with E-state index in [1.807, 2.05) is 25.2 Å². The summed E-state index contributed by atoms with van der Waals surface area (Å²) < 4.78 is 0. The highest BCUT2D eigenvalue weighted by atomic mass is 16.2. The minimum Gasteiger partial charge on any atom is -0.336 e. The van der Waals surface area contributed by atoms with Crippen LogP contribution in [-0.4, -0.2) is 37.1 Å². The summed E-state index contributed by atoms with van der Waals surface area (Å²) in [5, 5.41) is 6.54. The number of urea groups is 1. The largest absolute Gasteiger partial charge is 0.336 e. The first-order valence-electron chi connectivity index (χ1n) is 8.55. The van der Waals surface area contributed by atoms with Crippen molar-refractivity contribution in [1.29, 1.82) is 0 Å². The Morgan fingerprint density at radius 2 is 1.83 bits per heavy atom. The molecule has 1 aliphatic rings. The summed E-state index contributed by atoms with van der Waals surface area (Å²) >= 11 is 0. The third-order valence-electron chi connectivity index (χ3n) is 4.59. The monoisotopic (exact) mass is 323 g/mol. The molecule has 2 N–H and O–H groups in total. The number of benzene rings is 2. The fourth-order valence-electron chi connectivity index (χ4n) is 3.05. The maximum absolute atomic E-state index is 12.2. The molecule has 2 amide bonds. The number of nitrogens with zero attached hydrogens (tertiary/aromatic N) is 1. The van der Waals surface area contributed by atoms with E-state index in [2.05, 4.69) is 47.0 Å². The summed E-state index contributed by atoms with van der Waals surface area (Å²) in [4.78, 5) is 14.0. The lowest BCUT2D eigenvalue weighted by Gasteiger charge is -2.27. The number of fused-ring (bicyclic) bond motifs is 1. The van der Waals surface area contributed by atoms with Gasteiger partial charge in [-0.05, 0) is 29.5 Å². The normalized spacial score (nSPS) is 16.3. The average molecular weight is 323 g/mol. The van der Waals surface area contributed by atoms with Crippen LogP contribution in [0.1, 0.15) is 16.7 Å². The van der Waals surface area contributed by atoms with E-state index in [4.69, 9.17) is 0 Å². The molecule has 0 saturated heterocycles. The van der Waals surface area contributed by atoms with Gasteiger partial charge in [0.15, 0.2) is 0 Å². The lowest BCUT2D eigenvalue weighted by atomic mass is 9.96. The minimum absolute atomic E-state index is 0.00779. The molecule has 0 fully saturated rings. The predicted octanol–water partition coefficient (Wildman–Crippen LogP) is 2.59. The van der Waals surface area contributed by atoms with Gasteiger partial charge in [0.2, 0.25) is 0 Å². The Morgan fingerprint density at radius 3 is 2.62 bits per heavy atom. The maximum Gasteiger partial charge on any atom is 0.317 e. The van der Waals surface area contributed by atoms with Gasteiger partial charge in [-0.3, -0.25) is 0 Å². The number of carbonyl (C=O) groups is 1. The lowest BCUT2D eigenvalue weighted by Crippen LogP contribution is -2.47. The van der Waals surface area contributed by atoms with Crippen LogP contribution in [0.3, 0.4) is 0 Å². The van der Waals surface area contributed by atoms with Crippen LogP contribution in [0, 0.1) is 0 Å². The molecule has 24 heavy (non-hydrogen) atoms. The van der Waals surface area contributed by atoms with Gasteiger partial charge in [-0.2, -0.15) is 0 Å². The van der Waals surface area contributed by atoms with E-state index in [0.717, 1.165) is 25.9 Å². The average Bonchev–Trinajstić information content (AvgIpc) is 2.64. The minimum atomic E-state index is -0.00779. The van der Waals surface area contributed by atoms with Gasteiger partial charge in [0.05, 0.1) is 0 Å². The Morgan fingerprint density at radius 1 is 1.12 bits per heavy atom. The molecule has 0 aromatic heterocycles. The van der Waals surface area contributed by atoms with Crippen molar-refractivity contribution in [2.75, 3.05) is 20.1 Å². The molecule has 2 aromatic carbocycles. The molecule has 0 saturated carbocycles. The first kappa shape index (κ1) is 16.5. The van der Waals surface area contributed by atoms with Crippen molar-refractivity contribution in [2.45, 2.75) is 25.4 Å². The number of hydrogen-bond acceptors (Lipinski definition) is 2. The van der Waals surface area contributed by atoms with Crippen LogP contribution in [0.15, 0.2) is 54.6 Å². The molecule has 1 atom stereocenters. The van der Waals surface area contributed by atoms with E-state index < -0.39 is 0 Å². The first-order valence-corrected chi connectivity index (χ1v) is 8.55. The number of nitrogens with one attached hydrogen (secondary N) is 2. The molecule has 0 radical (unpaired) electrons. The van der Waals surface area contributed by atoms with Crippen molar-refractivity contribution in [3.05, 3.63) is 71.3 Å². The van der Waals surface area contributed by atoms with E-state index in [0.29, 0.717) is 12.6 Å². The zero-order chi connectivity index (χ0) is 16.8. The fraction of sp³-hybridized carbons (Fsp3) is 0.350. The molecule has 0 aliphatic carbocycles. The van der Waals surface area contributed by atoms with E-state index in [1.54, 1.807) is 4.90 Å². The summed E-state index contributed by atoms with van der Waals surface area (Å²) in [6.45, 7) is 2.25. The number of hydrogen-bond donors (Lipinski definition) is 2. The Labute approximate surface area is 143 Å². The van der Waals surface area contributed by atoms with Crippen molar-refractivity contribution < 1.29 is 4.79 Å².